The number of hydrogen-bond acceptors (Lipinski definition) is 3. The molecule has 0 radical (unpaired) electrons. The molecule has 2 heterocycles. The molecule has 3 heteroatoms. The highest BCUT2D eigenvalue weighted by Crippen LogP contribution is 2.38. The fourth-order valence-corrected chi connectivity index (χ4v) is 2.89. The van der Waals surface area contributed by atoms with Crippen LogP contribution >= 0.6 is 0 Å². The summed E-state index contributed by atoms with van der Waals surface area (Å²) in [4.78, 5) is 4.99. The van der Waals surface area contributed by atoms with E-state index in [-0.39, 0.29) is 0 Å². The van der Waals surface area contributed by atoms with Gasteiger partial charge in [0.05, 0.1) is 0 Å². The van der Waals surface area contributed by atoms with Crippen molar-refractivity contribution in [1.82, 2.24) is 9.80 Å². The molecule has 2 saturated heterocycles. The molecular weight excluding hydrogens is 162 g/mol. The summed E-state index contributed by atoms with van der Waals surface area (Å²) in [6.45, 7) is 7.04. The number of rotatable bonds is 2. The Morgan fingerprint density at radius 3 is 2.62 bits per heavy atom. The monoisotopic (exact) mass is 183 g/mol. The predicted octanol–water partition coefficient (Wildman–Crippen LogP) is -0.0273. The minimum atomic E-state index is 0.629. The van der Waals surface area contributed by atoms with Crippen LogP contribution in [0.3, 0.4) is 0 Å². The molecule has 2 aliphatic heterocycles. The Balaban J connectivity index is 1.89. The Kier molecular flexibility index (Phi) is 2.58. The lowest BCUT2D eigenvalue weighted by Gasteiger charge is -2.23. The summed E-state index contributed by atoms with van der Waals surface area (Å²) in [5, 5.41) is 0. The molecule has 76 valence electrons. The lowest BCUT2D eigenvalue weighted by molar-refractivity contribution is 0.258. The van der Waals surface area contributed by atoms with E-state index < -0.39 is 0 Å². The molecule has 0 aromatic rings. The minimum Gasteiger partial charge on any atom is -0.329 e. The molecule has 1 atom stereocenters. The summed E-state index contributed by atoms with van der Waals surface area (Å²) >= 11 is 0. The van der Waals surface area contributed by atoms with Crippen LogP contribution < -0.4 is 5.73 Å². The SMILES string of the molecule is CN1CCC2(CCN(CCN)C2)C1. The van der Waals surface area contributed by atoms with Crippen LogP contribution in [0.25, 0.3) is 0 Å². The van der Waals surface area contributed by atoms with Gasteiger partial charge in [-0.1, -0.05) is 0 Å². The summed E-state index contributed by atoms with van der Waals surface area (Å²) in [5.41, 5.74) is 6.20. The average molecular weight is 183 g/mol. The van der Waals surface area contributed by atoms with E-state index in [1.54, 1.807) is 0 Å². The molecule has 0 saturated carbocycles. The van der Waals surface area contributed by atoms with Gasteiger partial charge >= 0.3 is 0 Å². The molecule has 0 amide bonds. The third-order valence-electron chi connectivity index (χ3n) is 3.59. The van der Waals surface area contributed by atoms with E-state index in [9.17, 15) is 0 Å². The zero-order chi connectivity index (χ0) is 9.31. The predicted molar refractivity (Wildman–Crippen MR) is 54.7 cm³/mol. The fourth-order valence-electron chi connectivity index (χ4n) is 2.89. The van der Waals surface area contributed by atoms with Gasteiger partial charge < -0.3 is 15.5 Å². The van der Waals surface area contributed by atoms with Crippen molar-refractivity contribution >= 4 is 0 Å². The second-order valence-corrected chi connectivity index (χ2v) is 4.80. The lowest BCUT2D eigenvalue weighted by atomic mass is 9.86. The van der Waals surface area contributed by atoms with E-state index >= 15 is 0 Å². The van der Waals surface area contributed by atoms with Crippen LogP contribution in [0.15, 0.2) is 0 Å². The van der Waals surface area contributed by atoms with Crippen LogP contribution in [-0.2, 0) is 0 Å². The number of likely N-dealkylation sites (tertiary alicyclic amines) is 2. The number of nitrogens with zero attached hydrogens (tertiary/aromatic N) is 2. The van der Waals surface area contributed by atoms with E-state index in [4.69, 9.17) is 5.73 Å². The van der Waals surface area contributed by atoms with Crippen LogP contribution in [-0.4, -0.2) is 56.1 Å². The van der Waals surface area contributed by atoms with E-state index in [0.29, 0.717) is 5.41 Å². The Morgan fingerprint density at radius 1 is 1.23 bits per heavy atom. The van der Waals surface area contributed by atoms with Gasteiger partial charge in [-0.25, -0.2) is 0 Å². The van der Waals surface area contributed by atoms with Crippen molar-refractivity contribution in [3.8, 4) is 0 Å². The smallest absolute Gasteiger partial charge is 0.0105 e. The quantitative estimate of drug-likeness (QED) is 0.652. The topological polar surface area (TPSA) is 32.5 Å². The molecule has 0 aromatic carbocycles. The van der Waals surface area contributed by atoms with Crippen molar-refractivity contribution in [2.75, 3.05) is 46.3 Å². The van der Waals surface area contributed by atoms with Crippen LogP contribution in [0.5, 0.6) is 0 Å². The van der Waals surface area contributed by atoms with Crippen LogP contribution in [0.4, 0.5) is 0 Å². The van der Waals surface area contributed by atoms with Crippen molar-refractivity contribution in [1.29, 1.82) is 0 Å². The van der Waals surface area contributed by atoms with Gasteiger partial charge in [0.2, 0.25) is 0 Å². The van der Waals surface area contributed by atoms with Crippen molar-refractivity contribution in [3.63, 3.8) is 0 Å². The molecule has 2 fully saturated rings. The van der Waals surface area contributed by atoms with Gasteiger partial charge in [0.25, 0.3) is 0 Å². The van der Waals surface area contributed by atoms with Gasteiger partial charge in [0.1, 0.15) is 0 Å². The maximum absolute atomic E-state index is 5.57. The third kappa shape index (κ3) is 1.87. The maximum atomic E-state index is 5.57. The number of hydrogen-bond donors (Lipinski definition) is 1. The summed E-state index contributed by atoms with van der Waals surface area (Å²) in [6, 6.07) is 0. The fraction of sp³-hybridized carbons (Fsp3) is 1.00. The first kappa shape index (κ1) is 9.44. The van der Waals surface area contributed by atoms with E-state index in [1.165, 1.54) is 39.0 Å². The van der Waals surface area contributed by atoms with Gasteiger partial charge in [-0.2, -0.15) is 0 Å². The largest absolute Gasteiger partial charge is 0.329 e. The molecule has 1 unspecified atom stereocenters. The molecule has 0 aromatic heterocycles. The summed E-state index contributed by atoms with van der Waals surface area (Å²) < 4.78 is 0. The first-order chi connectivity index (χ1) is 6.24. The second kappa shape index (κ2) is 3.56. The zero-order valence-electron chi connectivity index (χ0n) is 8.63. The molecule has 3 nitrogen and oxygen atoms in total. The Bertz CT molecular complexity index is 183. The first-order valence-electron chi connectivity index (χ1n) is 5.35. The molecule has 1 spiro atoms. The normalized spacial score (nSPS) is 36.5. The first-order valence-corrected chi connectivity index (χ1v) is 5.35. The zero-order valence-corrected chi connectivity index (χ0v) is 8.63. The van der Waals surface area contributed by atoms with Gasteiger partial charge in [-0.05, 0) is 38.4 Å². The van der Waals surface area contributed by atoms with Crippen LogP contribution in [0.1, 0.15) is 12.8 Å². The van der Waals surface area contributed by atoms with Gasteiger partial charge in [-0.15, -0.1) is 0 Å². The van der Waals surface area contributed by atoms with Gasteiger partial charge in [-0.3, -0.25) is 0 Å². The maximum Gasteiger partial charge on any atom is 0.0105 e. The molecule has 2 N–H and O–H groups in total. The molecule has 0 bridgehead atoms. The highest BCUT2D eigenvalue weighted by atomic mass is 15.2. The van der Waals surface area contributed by atoms with E-state index in [1.807, 2.05) is 0 Å². The number of nitrogens with two attached hydrogens (primary N) is 1. The van der Waals surface area contributed by atoms with E-state index in [0.717, 1.165) is 13.1 Å². The highest BCUT2D eigenvalue weighted by Gasteiger charge is 2.41. The lowest BCUT2D eigenvalue weighted by Crippen LogP contribution is -2.32. The summed E-state index contributed by atoms with van der Waals surface area (Å²) in [6.07, 6.45) is 2.78. The summed E-state index contributed by atoms with van der Waals surface area (Å²) in [7, 11) is 2.24. The van der Waals surface area contributed by atoms with Crippen LogP contribution in [0.2, 0.25) is 0 Å². The van der Waals surface area contributed by atoms with Gasteiger partial charge in [0, 0.05) is 26.2 Å². The standard InChI is InChI=1S/C10H21N3/c1-12-5-2-10(8-12)3-6-13(9-10)7-4-11/h2-9,11H2,1H3. The van der Waals surface area contributed by atoms with Crippen LogP contribution in [0, 0.1) is 5.41 Å². The second-order valence-electron chi connectivity index (χ2n) is 4.80. The molecule has 2 aliphatic rings. The third-order valence-corrected chi connectivity index (χ3v) is 3.59. The molecule has 2 rings (SSSR count). The van der Waals surface area contributed by atoms with Crippen molar-refractivity contribution in [2.45, 2.75) is 12.8 Å². The van der Waals surface area contributed by atoms with Crippen molar-refractivity contribution in [3.05, 3.63) is 0 Å². The average Bonchev–Trinajstić information content (AvgIpc) is 2.62. The van der Waals surface area contributed by atoms with Crippen molar-refractivity contribution in [2.24, 2.45) is 11.1 Å². The van der Waals surface area contributed by atoms with Gasteiger partial charge in [0.15, 0.2) is 0 Å². The highest BCUT2D eigenvalue weighted by molar-refractivity contribution is 4.96. The minimum absolute atomic E-state index is 0.629. The Labute approximate surface area is 80.9 Å². The molecule has 13 heavy (non-hydrogen) atoms. The Morgan fingerprint density at radius 2 is 2.00 bits per heavy atom. The molecule has 0 aliphatic carbocycles. The molecular formula is C10H21N3. The Hall–Kier alpha value is -0.120. The van der Waals surface area contributed by atoms with Crippen molar-refractivity contribution < 1.29 is 0 Å². The van der Waals surface area contributed by atoms with E-state index in [2.05, 4.69) is 16.8 Å². The summed E-state index contributed by atoms with van der Waals surface area (Å²) in [5.74, 6) is 0.